The molecule has 1 amide bonds. The van der Waals surface area contributed by atoms with E-state index in [0.29, 0.717) is 19.6 Å². The Labute approximate surface area is 90.4 Å². The summed E-state index contributed by atoms with van der Waals surface area (Å²) in [4.78, 5) is 22.5. The summed E-state index contributed by atoms with van der Waals surface area (Å²) in [6, 6.07) is 0. The van der Waals surface area contributed by atoms with E-state index in [9.17, 15) is 9.59 Å². The molecule has 0 saturated carbocycles. The molecule has 1 unspecified atom stereocenters. The molecule has 0 spiro atoms. The van der Waals surface area contributed by atoms with Crippen molar-refractivity contribution in [1.29, 1.82) is 0 Å². The Hall–Kier alpha value is -1.06. The van der Waals surface area contributed by atoms with E-state index >= 15 is 0 Å². The van der Waals surface area contributed by atoms with Crippen LogP contribution in [0.15, 0.2) is 0 Å². The van der Waals surface area contributed by atoms with E-state index in [-0.39, 0.29) is 11.9 Å². The van der Waals surface area contributed by atoms with Crippen molar-refractivity contribution in [3.63, 3.8) is 0 Å². The topological polar surface area (TPSA) is 55.4 Å². The van der Waals surface area contributed by atoms with Gasteiger partial charge in [0.25, 0.3) is 0 Å². The lowest BCUT2D eigenvalue weighted by Crippen LogP contribution is -2.33. The Kier molecular flexibility index (Phi) is 5.15. The van der Waals surface area contributed by atoms with Gasteiger partial charge in [0.2, 0.25) is 5.91 Å². The van der Waals surface area contributed by atoms with Crippen molar-refractivity contribution in [1.82, 2.24) is 5.32 Å². The van der Waals surface area contributed by atoms with Crippen LogP contribution in [0.5, 0.6) is 0 Å². The second kappa shape index (κ2) is 6.43. The summed E-state index contributed by atoms with van der Waals surface area (Å²) in [5, 5.41) is 2.77. The molecule has 0 radical (unpaired) electrons. The van der Waals surface area contributed by atoms with E-state index in [4.69, 9.17) is 4.74 Å². The van der Waals surface area contributed by atoms with Gasteiger partial charge >= 0.3 is 5.97 Å². The molecular weight excluding hydrogens is 194 g/mol. The summed E-state index contributed by atoms with van der Waals surface area (Å²) >= 11 is 0. The zero-order valence-electron chi connectivity index (χ0n) is 9.25. The fourth-order valence-corrected chi connectivity index (χ4v) is 1.62. The first kappa shape index (κ1) is 12.0. The number of esters is 1. The molecule has 1 rings (SSSR count). The quantitative estimate of drug-likeness (QED) is 0.410. The first-order chi connectivity index (χ1) is 7.25. The smallest absolute Gasteiger partial charge is 0.318 e. The van der Waals surface area contributed by atoms with Crippen molar-refractivity contribution in [3.05, 3.63) is 0 Å². The normalized spacial score (nSPS) is 20.1. The molecule has 4 heteroatoms. The van der Waals surface area contributed by atoms with Crippen molar-refractivity contribution < 1.29 is 14.3 Å². The Balaban J connectivity index is 2.10. The van der Waals surface area contributed by atoms with Crippen molar-refractivity contribution >= 4 is 11.9 Å². The van der Waals surface area contributed by atoms with Crippen LogP contribution in [0.4, 0.5) is 0 Å². The average molecular weight is 213 g/mol. The maximum atomic E-state index is 11.5. The highest BCUT2D eigenvalue weighted by molar-refractivity contribution is 5.98. The number of rotatable bonds is 6. The average Bonchev–Trinajstić information content (AvgIpc) is 2.64. The monoisotopic (exact) mass is 213 g/mol. The lowest BCUT2D eigenvalue weighted by atomic mass is 10.1. The molecule has 0 aromatic carbocycles. The van der Waals surface area contributed by atoms with E-state index in [1.54, 1.807) is 0 Å². The van der Waals surface area contributed by atoms with Crippen molar-refractivity contribution in [3.8, 4) is 0 Å². The summed E-state index contributed by atoms with van der Waals surface area (Å²) in [5.41, 5.74) is 0. The number of carbonyl (C=O) groups is 2. The molecule has 15 heavy (non-hydrogen) atoms. The number of carbonyl (C=O) groups excluding carboxylic acids is 2. The molecule has 1 saturated heterocycles. The van der Waals surface area contributed by atoms with Crippen LogP contribution in [0.3, 0.4) is 0 Å². The Morgan fingerprint density at radius 2 is 2.27 bits per heavy atom. The summed E-state index contributed by atoms with van der Waals surface area (Å²) in [6.45, 7) is 3.20. The molecule has 4 nitrogen and oxygen atoms in total. The predicted molar refractivity (Wildman–Crippen MR) is 56.2 cm³/mol. The van der Waals surface area contributed by atoms with Crippen LogP contribution in [0.25, 0.3) is 0 Å². The fourth-order valence-electron chi connectivity index (χ4n) is 1.62. The van der Waals surface area contributed by atoms with Gasteiger partial charge in [-0.15, -0.1) is 0 Å². The maximum absolute atomic E-state index is 11.5. The van der Waals surface area contributed by atoms with Gasteiger partial charge in [-0.2, -0.15) is 0 Å². The molecule has 1 atom stereocenters. The second-order valence-corrected chi connectivity index (χ2v) is 3.86. The van der Waals surface area contributed by atoms with Crippen molar-refractivity contribution in [2.24, 2.45) is 5.92 Å². The fraction of sp³-hybridized carbons (Fsp3) is 0.818. The zero-order chi connectivity index (χ0) is 11.1. The molecule has 0 aromatic rings. The Bertz CT molecular complexity index is 228. The Morgan fingerprint density at radius 3 is 2.87 bits per heavy atom. The zero-order valence-corrected chi connectivity index (χ0v) is 9.25. The number of cyclic esters (lactones) is 1. The van der Waals surface area contributed by atoms with Gasteiger partial charge in [-0.05, 0) is 6.42 Å². The van der Waals surface area contributed by atoms with Gasteiger partial charge in [-0.3, -0.25) is 9.59 Å². The van der Waals surface area contributed by atoms with Crippen LogP contribution in [-0.4, -0.2) is 25.0 Å². The van der Waals surface area contributed by atoms with Crippen LogP contribution < -0.4 is 5.32 Å². The third-order valence-corrected chi connectivity index (χ3v) is 2.58. The van der Waals surface area contributed by atoms with Crippen LogP contribution in [0, 0.1) is 5.92 Å². The number of unbranched alkanes of at least 4 members (excludes halogenated alkanes) is 3. The molecular formula is C11H19NO3. The first-order valence-electron chi connectivity index (χ1n) is 5.70. The highest BCUT2D eigenvalue weighted by Crippen LogP contribution is 2.14. The standard InChI is InChI=1S/C11H19NO3/c1-2-3-4-5-7-12-10(13)9-6-8-15-11(9)14/h9H,2-8H2,1H3,(H,12,13). The van der Waals surface area contributed by atoms with E-state index in [0.717, 1.165) is 12.8 Å². The van der Waals surface area contributed by atoms with Gasteiger partial charge in [0.1, 0.15) is 5.92 Å². The van der Waals surface area contributed by atoms with Gasteiger partial charge in [0, 0.05) is 13.0 Å². The highest BCUT2D eigenvalue weighted by atomic mass is 16.5. The first-order valence-corrected chi connectivity index (χ1v) is 5.70. The molecule has 1 fully saturated rings. The minimum absolute atomic E-state index is 0.172. The minimum atomic E-state index is -0.559. The molecule has 0 aromatic heterocycles. The molecule has 0 aliphatic carbocycles. The third-order valence-electron chi connectivity index (χ3n) is 2.58. The van der Waals surface area contributed by atoms with Gasteiger partial charge in [-0.1, -0.05) is 26.2 Å². The van der Waals surface area contributed by atoms with Crippen molar-refractivity contribution in [2.75, 3.05) is 13.2 Å². The van der Waals surface area contributed by atoms with E-state index in [1.807, 2.05) is 0 Å². The number of hydrogen-bond acceptors (Lipinski definition) is 3. The molecule has 86 valence electrons. The second-order valence-electron chi connectivity index (χ2n) is 3.86. The highest BCUT2D eigenvalue weighted by Gasteiger charge is 2.32. The van der Waals surface area contributed by atoms with Crippen LogP contribution in [0.1, 0.15) is 39.0 Å². The maximum Gasteiger partial charge on any atom is 0.318 e. The third kappa shape index (κ3) is 3.90. The largest absolute Gasteiger partial charge is 0.465 e. The molecule has 1 aliphatic rings. The van der Waals surface area contributed by atoms with Gasteiger partial charge in [0.05, 0.1) is 6.61 Å². The number of hydrogen-bond donors (Lipinski definition) is 1. The number of nitrogens with one attached hydrogen (secondary N) is 1. The Morgan fingerprint density at radius 1 is 1.47 bits per heavy atom. The van der Waals surface area contributed by atoms with E-state index < -0.39 is 5.92 Å². The minimum Gasteiger partial charge on any atom is -0.465 e. The summed E-state index contributed by atoms with van der Waals surface area (Å²) in [5.74, 6) is -1.11. The van der Waals surface area contributed by atoms with E-state index in [2.05, 4.69) is 12.2 Å². The van der Waals surface area contributed by atoms with Crippen LogP contribution >= 0.6 is 0 Å². The van der Waals surface area contributed by atoms with Gasteiger partial charge < -0.3 is 10.1 Å². The SMILES string of the molecule is CCCCCCNC(=O)C1CCOC1=O. The van der Waals surface area contributed by atoms with Gasteiger partial charge in [0.15, 0.2) is 0 Å². The molecule has 0 bridgehead atoms. The summed E-state index contributed by atoms with van der Waals surface area (Å²) in [6.07, 6.45) is 5.02. The van der Waals surface area contributed by atoms with Gasteiger partial charge in [-0.25, -0.2) is 0 Å². The lowest BCUT2D eigenvalue weighted by molar-refractivity contribution is -0.145. The lowest BCUT2D eigenvalue weighted by Gasteiger charge is -2.07. The molecule has 1 heterocycles. The summed E-state index contributed by atoms with van der Waals surface area (Å²) < 4.78 is 4.73. The predicted octanol–water partition coefficient (Wildman–Crippen LogP) is 1.25. The molecule has 1 aliphatic heterocycles. The molecule has 1 N–H and O–H groups in total. The van der Waals surface area contributed by atoms with E-state index in [1.165, 1.54) is 12.8 Å². The number of amides is 1. The van der Waals surface area contributed by atoms with Crippen molar-refractivity contribution in [2.45, 2.75) is 39.0 Å². The van der Waals surface area contributed by atoms with Crippen LogP contribution in [0.2, 0.25) is 0 Å². The van der Waals surface area contributed by atoms with Crippen LogP contribution in [-0.2, 0) is 14.3 Å². The summed E-state index contributed by atoms with van der Waals surface area (Å²) in [7, 11) is 0. The number of ether oxygens (including phenoxy) is 1.